The van der Waals surface area contributed by atoms with Crippen molar-refractivity contribution in [3.63, 3.8) is 0 Å². The van der Waals surface area contributed by atoms with E-state index in [2.05, 4.69) is 15.7 Å². The van der Waals surface area contributed by atoms with Crippen LogP contribution < -0.4 is 20.1 Å². The number of hydrogen-bond acceptors (Lipinski definition) is 6. The van der Waals surface area contributed by atoms with E-state index in [1.165, 1.54) is 11.3 Å². The molecule has 0 saturated carbocycles. The summed E-state index contributed by atoms with van der Waals surface area (Å²) >= 11 is 1.36. The average molecular weight is 436 g/mol. The third-order valence-electron chi connectivity index (χ3n) is 5.00. The topological polar surface area (TPSA) is 77.4 Å². The van der Waals surface area contributed by atoms with Gasteiger partial charge in [-0.05, 0) is 23.6 Å². The molecule has 3 aromatic rings. The number of anilines is 2. The van der Waals surface area contributed by atoms with Gasteiger partial charge >= 0.3 is 6.18 Å². The molecule has 0 bridgehead atoms. The first-order valence-corrected chi connectivity index (χ1v) is 9.93. The van der Waals surface area contributed by atoms with Crippen molar-refractivity contribution in [3.05, 3.63) is 52.3 Å². The van der Waals surface area contributed by atoms with Crippen LogP contribution in [0.25, 0.3) is 0 Å². The van der Waals surface area contributed by atoms with Crippen molar-refractivity contribution >= 4 is 28.7 Å². The summed E-state index contributed by atoms with van der Waals surface area (Å²) in [4.78, 5) is 13.6. The third-order valence-corrected chi connectivity index (χ3v) is 5.99. The molecule has 2 aliphatic heterocycles. The van der Waals surface area contributed by atoms with Gasteiger partial charge in [-0.1, -0.05) is 6.07 Å². The maximum atomic E-state index is 13.7. The number of amides is 1. The number of nitrogens with one attached hydrogen (secondary N) is 2. The highest BCUT2D eigenvalue weighted by molar-refractivity contribution is 7.10. The Morgan fingerprint density at radius 1 is 1.27 bits per heavy atom. The summed E-state index contributed by atoms with van der Waals surface area (Å²) in [5.41, 5.74) is 0.463. The van der Waals surface area contributed by atoms with Crippen molar-refractivity contribution in [2.24, 2.45) is 0 Å². The van der Waals surface area contributed by atoms with Crippen LogP contribution in [0.5, 0.6) is 11.5 Å². The average Bonchev–Trinajstić information content (AvgIpc) is 3.45. The Hall–Kier alpha value is -3.21. The van der Waals surface area contributed by atoms with Gasteiger partial charge in [0, 0.05) is 23.1 Å². The van der Waals surface area contributed by atoms with Gasteiger partial charge in [-0.2, -0.15) is 18.3 Å². The maximum Gasteiger partial charge on any atom is 0.410 e. The highest BCUT2D eigenvalue weighted by atomic mass is 32.1. The molecule has 2 atom stereocenters. The summed E-state index contributed by atoms with van der Waals surface area (Å²) < 4.78 is 52.5. The van der Waals surface area contributed by atoms with E-state index in [1.54, 1.807) is 35.7 Å². The quantitative estimate of drug-likeness (QED) is 0.628. The Morgan fingerprint density at radius 3 is 2.87 bits per heavy atom. The number of thiophene rings is 1. The number of nitrogens with zero attached hydrogens (tertiary/aromatic N) is 2. The van der Waals surface area contributed by atoms with E-state index in [0.717, 1.165) is 15.8 Å². The minimum Gasteiger partial charge on any atom is -0.454 e. The van der Waals surface area contributed by atoms with Gasteiger partial charge in [-0.3, -0.25) is 4.79 Å². The van der Waals surface area contributed by atoms with Gasteiger partial charge in [-0.25, -0.2) is 4.68 Å². The van der Waals surface area contributed by atoms with Crippen molar-refractivity contribution in [1.82, 2.24) is 9.78 Å². The van der Waals surface area contributed by atoms with Crippen LogP contribution >= 0.6 is 11.3 Å². The van der Waals surface area contributed by atoms with Crippen LogP contribution in [0, 0.1) is 0 Å². The first-order valence-electron chi connectivity index (χ1n) is 9.05. The summed E-state index contributed by atoms with van der Waals surface area (Å²) in [6.07, 6.45) is -3.55. The maximum absolute atomic E-state index is 13.7. The van der Waals surface area contributed by atoms with Crippen molar-refractivity contribution in [1.29, 1.82) is 0 Å². The number of benzene rings is 1. The molecule has 0 unspecified atom stereocenters. The van der Waals surface area contributed by atoms with Crippen molar-refractivity contribution < 1.29 is 27.4 Å². The van der Waals surface area contributed by atoms with E-state index in [9.17, 15) is 18.0 Å². The normalized spacial score (nSPS) is 19.8. The molecule has 1 amide bonds. The molecule has 1 aromatic carbocycles. The fourth-order valence-electron chi connectivity index (χ4n) is 3.58. The largest absolute Gasteiger partial charge is 0.454 e. The van der Waals surface area contributed by atoms with Crippen LogP contribution in [0.15, 0.2) is 41.9 Å². The molecule has 2 N–H and O–H groups in total. The van der Waals surface area contributed by atoms with Crippen LogP contribution in [-0.4, -0.2) is 28.7 Å². The molecular weight excluding hydrogens is 421 g/mol. The van der Waals surface area contributed by atoms with Gasteiger partial charge in [-0.15, -0.1) is 11.3 Å². The number of carbonyl (C=O) groups is 1. The van der Waals surface area contributed by atoms with E-state index in [-0.39, 0.29) is 24.6 Å². The molecule has 30 heavy (non-hydrogen) atoms. The van der Waals surface area contributed by atoms with Gasteiger partial charge in [0.1, 0.15) is 11.4 Å². The Labute approximate surface area is 172 Å². The lowest BCUT2D eigenvalue weighted by molar-refractivity contribution is -0.173. The molecule has 0 fully saturated rings. The minimum atomic E-state index is -4.50. The van der Waals surface area contributed by atoms with Crippen molar-refractivity contribution in [2.45, 2.75) is 24.7 Å². The van der Waals surface area contributed by atoms with Gasteiger partial charge in [0.05, 0.1) is 12.2 Å². The van der Waals surface area contributed by atoms with E-state index in [1.807, 2.05) is 0 Å². The van der Waals surface area contributed by atoms with Gasteiger partial charge < -0.3 is 20.1 Å². The number of halogens is 3. The highest BCUT2D eigenvalue weighted by Crippen LogP contribution is 2.45. The number of carbonyl (C=O) groups excluding carboxylic acids is 1. The number of aromatic nitrogens is 2. The molecule has 2 aromatic heterocycles. The lowest BCUT2D eigenvalue weighted by atomic mass is 10.0. The van der Waals surface area contributed by atoms with Gasteiger partial charge in [0.25, 0.3) is 5.91 Å². The summed E-state index contributed by atoms with van der Waals surface area (Å²) in [5, 5.41) is 11.4. The molecule has 0 aliphatic carbocycles. The van der Waals surface area contributed by atoms with Crippen LogP contribution in [0.2, 0.25) is 0 Å². The van der Waals surface area contributed by atoms with Crippen LogP contribution in [-0.2, 0) is 0 Å². The molecule has 7 nitrogen and oxygen atoms in total. The van der Waals surface area contributed by atoms with Crippen LogP contribution in [0.1, 0.15) is 33.7 Å². The lowest BCUT2D eigenvalue weighted by Gasteiger charge is -2.33. The molecule has 0 saturated heterocycles. The Morgan fingerprint density at radius 2 is 2.10 bits per heavy atom. The first-order chi connectivity index (χ1) is 14.4. The number of fused-ring (bicyclic) bond motifs is 2. The zero-order valence-electron chi connectivity index (χ0n) is 15.3. The van der Waals surface area contributed by atoms with Crippen LogP contribution in [0.4, 0.5) is 24.7 Å². The summed E-state index contributed by atoms with van der Waals surface area (Å²) in [7, 11) is 0. The molecule has 0 spiro atoms. The molecule has 4 heterocycles. The second-order valence-electron chi connectivity index (χ2n) is 6.88. The summed E-state index contributed by atoms with van der Waals surface area (Å²) in [6, 6.07) is 6.03. The fourth-order valence-corrected chi connectivity index (χ4v) is 4.37. The number of hydrogen-bond donors (Lipinski definition) is 2. The molecule has 156 valence electrons. The zero-order valence-corrected chi connectivity index (χ0v) is 16.1. The lowest BCUT2D eigenvalue weighted by Crippen LogP contribution is -2.36. The summed E-state index contributed by atoms with van der Waals surface area (Å²) in [6.45, 7) is 0.0938. The van der Waals surface area contributed by atoms with Crippen molar-refractivity contribution in [2.75, 3.05) is 17.4 Å². The second kappa shape index (κ2) is 6.94. The highest BCUT2D eigenvalue weighted by Gasteiger charge is 2.47. The number of rotatable bonds is 3. The Bertz CT molecular complexity index is 1100. The predicted octanol–water partition coefficient (Wildman–Crippen LogP) is 4.59. The monoisotopic (exact) mass is 436 g/mol. The summed E-state index contributed by atoms with van der Waals surface area (Å²) in [5.74, 6) is 0.512. The number of alkyl halides is 3. The second-order valence-corrected chi connectivity index (χ2v) is 7.86. The van der Waals surface area contributed by atoms with E-state index < -0.39 is 24.2 Å². The minimum absolute atomic E-state index is 0.0307. The SMILES string of the molecule is O=C(Nc1ccc2c(c1)OCO2)c1cnn2c1N[C@@H](c1cccs1)C[C@@H]2C(F)(F)F. The smallest absolute Gasteiger partial charge is 0.410 e. The van der Waals surface area contributed by atoms with E-state index >= 15 is 0 Å². The predicted molar refractivity (Wildman–Crippen MR) is 103 cm³/mol. The zero-order chi connectivity index (χ0) is 20.9. The first kappa shape index (κ1) is 18.8. The molecular formula is C19H15F3N4O3S. The Kier molecular flexibility index (Phi) is 4.35. The van der Waals surface area contributed by atoms with Gasteiger partial charge in [0.15, 0.2) is 17.5 Å². The fraction of sp³-hybridized carbons (Fsp3) is 0.263. The number of ether oxygens (including phenoxy) is 2. The molecule has 5 rings (SSSR count). The van der Waals surface area contributed by atoms with E-state index in [4.69, 9.17) is 9.47 Å². The van der Waals surface area contributed by atoms with E-state index in [0.29, 0.717) is 17.2 Å². The molecule has 2 aliphatic rings. The standard InChI is InChI=1S/C19H15F3N4O3S/c20-19(21,22)16-7-12(15-2-1-5-30-15)25-17-11(8-23-26(16)17)18(27)24-10-3-4-13-14(6-10)29-9-28-13/h1-6,8,12,16,25H,7,9H2,(H,24,27)/t12-,16-/m1/s1. The van der Waals surface area contributed by atoms with Crippen molar-refractivity contribution in [3.8, 4) is 11.5 Å². The Balaban J connectivity index is 1.46. The third kappa shape index (κ3) is 3.24. The molecule has 0 radical (unpaired) electrons. The molecule has 11 heteroatoms. The van der Waals surface area contributed by atoms with Gasteiger partial charge in [0.2, 0.25) is 6.79 Å². The van der Waals surface area contributed by atoms with Crippen LogP contribution in [0.3, 0.4) is 0 Å².